The van der Waals surface area contributed by atoms with Gasteiger partial charge in [-0.1, -0.05) is 25.3 Å². The van der Waals surface area contributed by atoms with Gasteiger partial charge in [-0.3, -0.25) is 4.79 Å². The molecule has 5 heteroatoms. The van der Waals surface area contributed by atoms with Crippen molar-refractivity contribution in [2.45, 2.75) is 50.6 Å². The highest BCUT2D eigenvalue weighted by Gasteiger charge is 2.29. The first-order valence-electron chi connectivity index (χ1n) is 7.16. The molecule has 0 aliphatic heterocycles. The summed E-state index contributed by atoms with van der Waals surface area (Å²) in [6.45, 7) is 0.478. The second kappa shape index (κ2) is 6.70. The third kappa shape index (κ3) is 4.20. The molecular weight excluding hydrogens is 254 g/mol. The molecule has 0 unspecified atom stereocenters. The van der Waals surface area contributed by atoms with E-state index in [1.165, 1.54) is 6.42 Å². The number of rotatable bonds is 5. The van der Waals surface area contributed by atoms with Gasteiger partial charge in [0.15, 0.2) is 0 Å². The number of aromatic nitrogens is 1. The number of carbonyl (C=O) groups is 1. The Morgan fingerprint density at radius 3 is 2.75 bits per heavy atom. The SMILES string of the molecule is COc1ccc(CNC(=O)CC2(N)CCCCC2)cn1. The van der Waals surface area contributed by atoms with Crippen LogP contribution in [0.15, 0.2) is 18.3 Å². The minimum absolute atomic E-state index is 0.0187. The summed E-state index contributed by atoms with van der Waals surface area (Å²) in [5, 5.41) is 2.91. The molecule has 1 aromatic heterocycles. The topological polar surface area (TPSA) is 77.2 Å². The molecule has 0 bridgehead atoms. The van der Waals surface area contributed by atoms with E-state index in [0.717, 1.165) is 31.2 Å². The van der Waals surface area contributed by atoms with Crippen LogP contribution in [-0.2, 0) is 11.3 Å². The lowest BCUT2D eigenvalue weighted by Gasteiger charge is -2.32. The van der Waals surface area contributed by atoms with E-state index in [9.17, 15) is 4.79 Å². The maximum absolute atomic E-state index is 12.0. The Kier molecular flexibility index (Phi) is 4.95. The zero-order valence-electron chi connectivity index (χ0n) is 12.0. The van der Waals surface area contributed by atoms with Gasteiger partial charge in [0.1, 0.15) is 0 Å². The summed E-state index contributed by atoms with van der Waals surface area (Å²) in [4.78, 5) is 16.1. The lowest BCUT2D eigenvalue weighted by molar-refractivity contribution is -0.122. The van der Waals surface area contributed by atoms with Gasteiger partial charge in [-0.2, -0.15) is 0 Å². The van der Waals surface area contributed by atoms with Crippen molar-refractivity contribution in [2.24, 2.45) is 5.73 Å². The summed E-state index contributed by atoms with van der Waals surface area (Å²) < 4.78 is 4.99. The average Bonchev–Trinajstić information content (AvgIpc) is 2.46. The molecule has 1 saturated carbocycles. The summed E-state index contributed by atoms with van der Waals surface area (Å²) in [5.74, 6) is 0.591. The van der Waals surface area contributed by atoms with Crippen molar-refractivity contribution in [3.63, 3.8) is 0 Å². The quantitative estimate of drug-likeness (QED) is 0.859. The molecule has 1 aliphatic rings. The second-order valence-corrected chi connectivity index (χ2v) is 5.59. The summed E-state index contributed by atoms with van der Waals surface area (Å²) in [5.41, 5.74) is 6.92. The standard InChI is InChI=1S/C15H23N3O2/c1-20-14-6-5-12(11-18-14)10-17-13(19)9-15(16)7-3-2-4-8-15/h5-6,11H,2-4,7-10,16H2,1H3,(H,17,19). The van der Waals surface area contributed by atoms with E-state index in [4.69, 9.17) is 10.5 Å². The third-order valence-corrected chi connectivity index (χ3v) is 3.86. The van der Waals surface area contributed by atoms with Crippen molar-refractivity contribution >= 4 is 5.91 Å². The molecule has 1 aromatic rings. The molecular formula is C15H23N3O2. The van der Waals surface area contributed by atoms with E-state index < -0.39 is 0 Å². The minimum Gasteiger partial charge on any atom is -0.481 e. The average molecular weight is 277 g/mol. The number of nitrogens with zero attached hydrogens (tertiary/aromatic N) is 1. The Morgan fingerprint density at radius 1 is 1.40 bits per heavy atom. The highest BCUT2D eigenvalue weighted by molar-refractivity contribution is 5.77. The van der Waals surface area contributed by atoms with Gasteiger partial charge >= 0.3 is 0 Å². The number of nitrogens with one attached hydrogen (secondary N) is 1. The monoisotopic (exact) mass is 277 g/mol. The number of hydrogen-bond donors (Lipinski definition) is 2. The lowest BCUT2D eigenvalue weighted by Crippen LogP contribution is -2.45. The number of ether oxygens (including phenoxy) is 1. The van der Waals surface area contributed by atoms with Crippen LogP contribution < -0.4 is 15.8 Å². The van der Waals surface area contributed by atoms with Gasteiger partial charge in [0.25, 0.3) is 0 Å². The molecule has 5 nitrogen and oxygen atoms in total. The number of carbonyl (C=O) groups excluding carboxylic acids is 1. The number of nitrogens with two attached hydrogens (primary N) is 1. The number of methoxy groups -OCH3 is 1. The summed E-state index contributed by atoms with van der Waals surface area (Å²) in [6, 6.07) is 3.68. The molecule has 0 aromatic carbocycles. The highest BCUT2D eigenvalue weighted by Crippen LogP contribution is 2.28. The second-order valence-electron chi connectivity index (χ2n) is 5.59. The fraction of sp³-hybridized carbons (Fsp3) is 0.600. The van der Waals surface area contributed by atoms with E-state index in [1.54, 1.807) is 19.4 Å². The first-order chi connectivity index (χ1) is 9.61. The van der Waals surface area contributed by atoms with Crippen LogP contribution >= 0.6 is 0 Å². The molecule has 3 N–H and O–H groups in total. The van der Waals surface area contributed by atoms with Crippen LogP contribution in [0, 0.1) is 0 Å². The zero-order valence-corrected chi connectivity index (χ0v) is 12.0. The van der Waals surface area contributed by atoms with E-state index in [2.05, 4.69) is 10.3 Å². The van der Waals surface area contributed by atoms with Crippen LogP contribution in [0.2, 0.25) is 0 Å². The van der Waals surface area contributed by atoms with Crippen molar-refractivity contribution in [3.05, 3.63) is 23.9 Å². The molecule has 1 amide bonds. The lowest BCUT2D eigenvalue weighted by atomic mass is 9.80. The summed E-state index contributed by atoms with van der Waals surface area (Å²) in [6.07, 6.45) is 7.51. The molecule has 1 heterocycles. The largest absolute Gasteiger partial charge is 0.481 e. The van der Waals surface area contributed by atoms with Gasteiger partial charge in [0.2, 0.25) is 11.8 Å². The Morgan fingerprint density at radius 2 is 2.15 bits per heavy atom. The molecule has 1 aliphatic carbocycles. The van der Waals surface area contributed by atoms with Crippen molar-refractivity contribution in [1.29, 1.82) is 0 Å². The fourth-order valence-electron chi connectivity index (χ4n) is 2.65. The van der Waals surface area contributed by atoms with E-state index in [-0.39, 0.29) is 11.4 Å². The van der Waals surface area contributed by atoms with Gasteiger partial charge in [0, 0.05) is 30.8 Å². The Bertz CT molecular complexity index is 439. The Labute approximate surface area is 119 Å². The van der Waals surface area contributed by atoms with Crippen LogP contribution in [0.1, 0.15) is 44.1 Å². The number of pyridine rings is 1. The predicted octanol–water partition coefficient (Wildman–Crippen LogP) is 1.76. The van der Waals surface area contributed by atoms with Gasteiger partial charge in [0.05, 0.1) is 7.11 Å². The molecule has 0 atom stereocenters. The first kappa shape index (κ1) is 14.8. The van der Waals surface area contributed by atoms with Crippen LogP contribution in [0.3, 0.4) is 0 Å². The van der Waals surface area contributed by atoms with Crippen LogP contribution in [0.5, 0.6) is 5.88 Å². The third-order valence-electron chi connectivity index (χ3n) is 3.86. The van der Waals surface area contributed by atoms with E-state index in [0.29, 0.717) is 18.8 Å². The summed E-state index contributed by atoms with van der Waals surface area (Å²) >= 11 is 0. The number of hydrogen-bond acceptors (Lipinski definition) is 4. The van der Waals surface area contributed by atoms with Crippen molar-refractivity contribution in [1.82, 2.24) is 10.3 Å². The molecule has 0 spiro atoms. The van der Waals surface area contributed by atoms with Crippen molar-refractivity contribution in [3.8, 4) is 5.88 Å². The van der Waals surface area contributed by atoms with Crippen LogP contribution in [0.4, 0.5) is 0 Å². The van der Waals surface area contributed by atoms with Gasteiger partial charge in [-0.05, 0) is 18.4 Å². The van der Waals surface area contributed by atoms with E-state index >= 15 is 0 Å². The molecule has 20 heavy (non-hydrogen) atoms. The van der Waals surface area contributed by atoms with Crippen LogP contribution in [-0.4, -0.2) is 23.5 Å². The predicted molar refractivity (Wildman–Crippen MR) is 77.3 cm³/mol. The first-order valence-corrected chi connectivity index (χ1v) is 7.16. The normalized spacial score (nSPS) is 17.5. The minimum atomic E-state index is -0.305. The molecule has 1 fully saturated rings. The highest BCUT2D eigenvalue weighted by atomic mass is 16.5. The van der Waals surface area contributed by atoms with Crippen LogP contribution in [0.25, 0.3) is 0 Å². The van der Waals surface area contributed by atoms with Crippen molar-refractivity contribution in [2.75, 3.05) is 7.11 Å². The molecule has 0 saturated heterocycles. The van der Waals surface area contributed by atoms with Gasteiger partial charge < -0.3 is 15.8 Å². The maximum Gasteiger partial charge on any atom is 0.222 e. The summed E-state index contributed by atoms with van der Waals surface area (Å²) in [7, 11) is 1.58. The smallest absolute Gasteiger partial charge is 0.222 e. The molecule has 0 radical (unpaired) electrons. The van der Waals surface area contributed by atoms with Gasteiger partial charge in [-0.15, -0.1) is 0 Å². The molecule has 110 valence electrons. The number of amides is 1. The molecule has 2 rings (SSSR count). The van der Waals surface area contributed by atoms with Crippen molar-refractivity contribution < 1.29 is 9.53 Å². The maximum atomic E-state index is 12.0. The fourth-order valence-corrected chi connectivity index (χ4v) is 2.65. The van der Waals surface area contributed by atoms with Gasteiger partial charge in [-0.25, -0.2) is 4.98 Å². The zero-order chi connectivity index (χ0) is 14.4. The Hall–Kier alpha value is -1.62. The Balaban J connectivity index is 1.79. The van der Waals surface area contributed by atoms with E-state index in [1.807, 2.05) is 6.07 Å².